The van der Waals surface area contributed by atoms with Crippen LogP contribution in [0.3, 0.4) is 0 Å². The van der Waals surface area contributed by atoms with Gasteiger partial charge in [-0.25, -0.2) is 0 Å². The molecule has 0 aromatic heterocycles. The Morgan fingerprint density at radius 1 is 1.47 bits per heavy atom. The molecule has 1 amide bonds. The summed E-state index contributed by atoms with van der Waals surface area (Å²) in [5.41, 5.74) is -0.415. The first kappa shape index (κ1) is 14.4. The molecule has 8 heteroatoms. The van der Waals surface area contributed by atoms with Crippen LogP contribution in [-0.2, 0) is 4.79 Å². The van der Waals surface area contributed by atoms with Gasteiger partial charge < -0.3 is 15.2 Å². The fourth-order valence-corrected chi connectivity index (χ4v) is 1.39. The number of carboxylic acids is 1. The van der Waals surface area contributed by atoms with Crippen LogP contribution in [0.15, 0.2) is 18.2 Å². The summed E-state index contributed by atoms with van der Waals surface area (Å²) >= 11 is 0. The van der Waals surface area contributed by atoms with Crippen LogP contribution < -0.4 is 10.1 Å². The van der Waals surface area contributed by atoms with E-state index in [2.05, 4.69) is 5.32 Å². The van der Waals surface area contributed by atoms with Gasteiger partial charge in [0.05, 0.1) is 17.1 Å². The average Bonchev–Trinajstić information content (AvgIpc) is 2.36. The van der Waals surface area contributed by atoms with Gasteiger partial charge in [-0.2, -0.15) is 0 Å². The summed E-state index contributed by atoms with van der Waals surface area (Å²) in [5, 5.41) is 21.4. The molecule has 1 aromatic carbocycles. The number of carboxylic acid groups (broad SMARTS) is 1. The third-order valence-electron chi connectivity index (χ3n) is 2.12. The van der Waals surface area contributed by atoms with Crippen LogP contribution in [-0.4, -0.2) is 35.1 Å². The quantitative estimate of drug-likeness (QED) is 0.582. The number of hydrogen-bond acceptors (Lipinski definition) is 5. The highest BCUT2D eigenvalue weighted by Gasteiger charge is 2.23. The first-order valence-corrected chi connectivity index (χ1v) is 5.37. The maximum atomic E-state index is 11.7. The molecule has 0 heterocycles. The molecule has 1 aromatic rings. The molecule has 0 fully saturated rings. The van der Waals surface area contributed by atoms with E-state index in [1.54, 1.807) is 6.92 Å². The van der Waals surface area contributed by atoms with Crippen LogP contribution in [0, 0.1) is 10.1 Å². The summed E-state index contributed by atoms with van der Waals surface area (Å²) in [6.07, 6.45) is 0. The predicted molar refractivity (Wildman–Crippen MR) is 64.2 cm³/mol. The van der Waals surface area contributed by atoms with Crippen molar-refractivity contribution in [3.63, 3.8) is 0 Å². The van der Waals surface area contributed by atoms with E-state index in [9.17, 15) is 19.7 Å². The van der Waals surface area contributed by atoms with Gasteiger partial charge in [0.2, 0.25) is 5.75 Å². The van der Waals surface area contributed by atoms with Gasteiger partial charge in [0.1, 0.15) is 6.54 Å². The van der Waals surface area contributed by atoms with Gasteiger partial charge in [0.25, 0.3) is 5.91 Å². The van der Waals surface area contributed by atoms with Crippen molar-refractivity contribution in [2.45, 2.75) is 6.92 Å². The number of carbonyl (C=O) groups is 2. The Morgan fingerprint density at radius 2 is 2.16 bits per heavy atom. The molecule has 0 atom stereocenters. The summed E-state index contributed by atoms with van der Waals surface area (Å²) in [5.74, 6) is -2.12. The number of aliphatic carboxylic acids is 1. The lowest BCUT2D eigenvalue weighted by atomic mass is 10.1. The van der Waals surface area contributed by atoms with Crippen LogP contribution in [0.2, 0.25) is 0 Å². The zero-order valence-corrected chi connectivity index (χ0v) is 10.1. The number of nitrogens with zero attached hydrogens (tertiary/aromatic N) is 1. The molecule has 2 N–H and O–H groups in total. The van der Waals surface area contributed by atoms with E-state index in [4.69, 9.17) is 9.84 Å². The van der Waals surface area contributed by atoms with Crippen molar-refractivity contribution in [3.8, 4) is 5.75 Å². The minimum atomic E-state index is -1.21. The minimum absolute atomic E-state index is 0.0719. The molecule has 0 saturated heterocycles. The Hall–Kier alpha value is -2.64. The lowest BCUT2D eigenvalue weighted by Crippen LogP contribution is -2.29. The first-order valence-electron chi connectivity index (χ1n) is 5.37. The molecule has 0 bridgehead atoms. The molecule has 0 unspecified atom stereocenters. The van der Waals surface area contributed by atoms with E-state index in [0.29, 0.717) is 0 Å². The second-order valence-corrected chi connectivity index (χ2v) is 3.42. The number of nitro benzene ring substituents is 1. The van der Waals surface area contributed by atoms with E-state index in [1.807, 2.05) is 0 Å². The molecular formula is C11H12N2O6. The van der Waals surface area contributed by atoms with Gasteiger partial charge in [-0.15, -0.1) is 0 Å². The highest BCUT2D eigenvalue weighted by atomic mass is 16.6. The maximum absolute atomic E-state index is 11.7. The lowest BCUT2D eigenvalue weighted by Gasteiger charge is -2.09. The molecule has 1 rings (SSSR count). The Morgan fingerprint density at radius 3 is 2.68 bits per heavy atom. The van der Waals surface area contributed by atoms with Crippen molar-refractivity contribution in [1.29, 1.82) is 0 Å². The van der Waals surface area contributed by atoms with Gasteiger partial charge >= 0.3 is 11.7 Å². The fraction of sp³-hybridized carbons (Fsp3) is 0.273. The zero-order chi connectivity index (χ0) is 14.4. The Kier molecular flexibility index (Phi) is 4.81. The number of ether oxygens (including phenoxy) is 1. The number of nitro groups is 1. The van der Waals surface area contributed by atoms with E-state index in [-0.39, 0.29) is 23.6 Å². The van der Waals surface area contributed by atoms with E-state index >= 15 is 0 Å². The number of nitrogens with one attached hydrogen (secondary N) is 1. The number of carbonyl (C=O) groups excluding carboxylic acids is 1. The molecule has 8 nitrogen and oxygen atoms in total. The van der Waals surface area contributed by atoms with Gasteiger partial charge in [0, 0.05) is 6.07 Å². The van der Waals surface area contributed by atoms with Crippen molar-refractivity contribution in [3.05, 3.63) is 33.9 Å². The molecule has 0 aliphatic rings. The first-order chi connectivity index (χ1) is 8.97. The lowest BCUT2D eigenvalue weighted by molar-refractivity contribution is -0.385. The summed E-state index contributed by atoms with van der Waals surface area (Å²) in [4.78, 5) is 32.3. The number of amides is 1. The SMILES string of the molecule is CCOc1c(C(=O)NCC(=O)O)cccc1[N+](=O)[O-]. The second kappa shape index (κ2) is 6.34. The number of rotatable bonds is 6. The normalized spacial score (nSPS) is 9.74. The van der Waals surface area contributed by atoms with Crippen molar-refractivity contribution in [1.82, 2.24) is 5.32 Å². The highest BCUT2D eigenvalue weighted by molar-refractivity contribution is 5.99. The fourth-order valence-electron chi connectivity index (χ4n) is 1.39. The van der Waals surface area contributed by atoms with Crippen molar-refractivity contribution < 1.29 is 24.4 Å². The highest BCUT2D eigenvalue weighted by Crippen LogP contribution is 2.30. The molecular weight excluding hydrogens is 256 g/mol. The van der Waals surface area contributed by atoms with E-state index < -0.39 is 23.3 Å². The van der Waals surface area contributed by atoms with Gasteiger partial charge in [-0.3, -0.25) is 19.7 Å². The van der Waals surface area contributed by atoms with Crippen LogP contribution in [0.5, 0.6) is 5.75 Å². The van der Waals surface area contributed by atoms with Crippen molar-refractivity contribution in [2.24, 2.45) is 0 Å². The average molecular weight is 268 g/mol. The summed E-state index contributed by atoms with van der Waals surface area (Å²) in [6, 6.07) is 3.87. The number of benzene rings is 1. The third-order valence-corrected chi connectivity index (χ3v) is 2.12. The maximum Gasteiger partial charge on any atom is 0.322 e. The number of para-hydroxylation sites is 1. The molecule has 0 radical (unpaired) electrons. The minimum Gasteiger partial charge on any atom is -0.487 e. The van der Waals surface area contributed by atoms with Crippen molar-refractivity contribution in [2.75, 3.05) is 13.2 Å². The largest absolute Gasteiger partial charge is 0.487 e. The Balaban J connectivity index is 3.11. The molecule has 19 heavy (non-hydrogen) atoms. The van der Waals surface area contributed by atoms with Crippen LogP contribution >= 0.6 is 0 Å². The third kappa shape index (κ3) is 3.66. The Bertz CT molecular complexity index is 514. The van der Waals surface area contributed by atoms with Gasteiger partial charge in [-0.1, -0.05) is 6.07 Å². The molecule has 0 saturated carbocycles. The topological polar surface area (TPSA) is 119 Å². The predicted octanol–water partition coefficient (Wildman–Crippen LogP) is 0.808. The number of hydrogen-bond donors (Lipinski definition) is 2. The van der Waals surface area contributed by atoms with E-state index in [1.165, 1.54) is 18.2 Å². The van der Waals surface area contributed by atoms with E-state index in [0.717, 1.165) is 0 Å². The second-order valence-electron chi connectivity index (χ2n) is 3.42. The monoisotopic (exact) mass is 268 g/mol. The molecule has 0 aliphatic carbocycles. The summed E-state index contributed by atoms with van der Waals surface area (Å²) in [7, 11) is 0. The van der Waals surface area contributed by atoms with Gasteiger partial charge in [0.15, 0.2) is 0 Å². The van der Waals surface area contributed by atoms with Crippen LogP contribution in [0.4, 0.5) is 5.69 Å². The standard InChI is InChI=1S/C11H12N2O6/c1-2-19-10-7(11(16)12-6-9(14)15)4-3-5-8(10)13(17)18/h3-5H,2,6H2,1H3,(H,12,16)(H,14,15). The van der Waals surface area contributed by atoms with Crippen molar-refractivity contribution >= 4 is 17.6 Å². The zero-order valence-electron chi connectivity index (χ0n) is 10.1. The van der Waals surface area contributed by atoms with Crippen LogP contribution in [0.1, 0.15) is 17.3 Å². The molecule has 102 valence electrons. The summed E-state index contributed by atoms with van der Waals surface area (Å²) < 4.78 is 5.11. The molecule has 0 aliphatic heterocycles. The molecule has 0 spiro atoms. The van der Waals surface area contributed by atoms with Crippen LogP contribution in [0.25, 0.3) is 0 Å². The summed E-state index contributed by atoms with van der Waals surface area (Å²) in [6.45, 7) is 1.19. The Labute approximate surface area is 108 Å². The smallest absolute Gasteiger partial charge is 0.322 e. The van der Waals surface area contributed by atoms with Gasteiger partial charge in [-0.05, 0) is 13.0 Å².